The van der Waals surface area contributed by atoms with Crippen LogP contribution in [0.4, 0.5) is 17.1 Å². The molecule has 0 aliphatic heterocycles. The maximum atomic E-state index is 6.49. The Morgan fingerprint density at radius 1 is 0.328 bits per heavy atom. The first-order chi connectivity index (χ1) is 31.7. The molecule has 302 valence electrons. The normalized spacial score (nSPS) is 11.8. The molecular formula is C60H41NOSSi. The largest absolute Gasteiger partial charge is 0.456 e. The summed E-state index contributed by atoms with van der Waals surface area (Å²) in [6.45, 7) is 0. The minimum absolute atomic E-state index is 0.872. The number of fused-ring (bicyclic) bond motifs is 6. The number of rotatable bonds is 9. The molecule has 0 unspecified atom stereocenters. The number of para-hydroxylation sites is 1. The van der Waals surface area contributed by atoms with E-state index in [1.165, 1.54) is 63.2 Å². The van der Waals surface area contributed by atoms with Crippen molar-refractivity contribution in [2.24, 2.45) is 0 Å². The van der Waals surface area contributed by atoms with Gasteiger partial charge in [0, 0.05) is 43.7 Å². The molecule has 64 heavy (non-hydrogen) atoms. The Labute approximate surface area is 377 Å². The van der Waals surface area contributed by atoms with Crippen molar-refractivity contribution in [2.75, 3.05) is 4.90 Å². The number of nitrogens with zero attached hydrogens (tertiary/aromatic N) is 1. The molecule has 0 saturated carbocycles. The number of furan rings is 1. The Balaban J connectivity index is 0.986. The number of thiophene rings is 1. The molecule has 4 heteroatoms. The maximum absolute atomic E-state index is 6.49. The molecule has 12 rings (SSSR count). The van der Waals surface area contributed by atoms with Gasteiger partial charge in [-0.25, -0.2) is 0 Å². The molecule has 0 saturated heterocycles. The van der Waals surface area contributed by atoms with Crippen LogP contribution >= 0.6 is 11.3 Å². The molecule has 0 atom stereocenters. The van der Waals surface area contributed by atoms with Gasteiger partial charge >= 0.3 is 0 Å². The third-order valence-electron chi connectivity index (χ3n) is 12.8. The molecule has 0 amide bonds. The van der Waals surface area contributed by atoms with Gasteiger partial charge in [0.25, 0.3) is 0 Å². The van der Waals surface area contributed by atoms with Gasteiger partial charge in [0.05, 0.1) is 10.4 Å². The van der Waals surface area contributed by atoms with Crippen LogP contribution in [0.25, 0.3) is 64.4 Å². The van der Waals surface area contributed by atoms with Crippen molar-refractivity contribution in [1.82, 2.24) is 0 Å². The van der Waals surface area contributed by atoms with E-state index in [0.717, 1.165) is 39.0 Å². The van der Waals surface area contributed by atoms with Crippen LogP contribution in [0.1, 0.15) is 0 Å². The summed E-state index contributed by atoms with van der Waals surface area (Å²) in [5.74, 6) is 0. The van der Waals surface area contributed by atoms with Crippen LogP contribution in [0.3, 0.4) is 0 Å². The molecule has 0 spiro atoms. The van der Waals surface area contributed by atoms with Crippen molar-refractivity contribution >= 4 is 99.3 Å². The van der Waals surface area contributed by atoms with E-state index in [1.54, 1.807) is 0 Å². The van der Waals surface area contributed by atoms with Gasteiger partial charge < -0.3 is 9.32 Å². The SMILES string of the molecule is c1ccc(-c2cccc3c2sc2c(N(c4ccc(-c5ccc([Si](c6ccccc6)(c6ccccc6)c6ccccc6)cc5)cc4)c4ccc5c(c4)oc4ccccc45)cccc23)cc1. The fourth-order valence-corrected chi connectivity index (χ4v) is 16.0. The average molecular weight is 852 g/mol. The lowest BCUT2D eigenvalue weighted by molar-refractivity contribution is 0.669. The highest BCUT2D eigenvalue weighted by Crippen LogP contribution is 2.48. The summed E-state index contributed by atoms with van der Waals surface area (Å²) in [5, 5.41) is 10.2. The summed E-state index contributed by atoms with van der Waals surface area (Å²) in [6, 6.07) is 90.9. The van der Waals surface area contributed by atoms with Crippen molar-refractivity contribution < 1.29 is 4.42 Å². The van der Waals surface area contributed by atoms with E-state index in [-0.39, 0.29) is 0 Å². The Hall–Kier alpha value is -7.76. The molecule has 0 bridgehead atoms. The summed E-state index contributed by atoms with van der Waals surface area (Å²) in [7, 11) is -2.63. The summed E-state index contributed by atoms with van der Waals surface area (Å²) in [5.41, 5.74) is 9.86. The Morgan fingerprint density at radius 3 is 1.45 bits per heavy atom. The van der Waals surface area contributed by atoms with Crippen LogP contribution < -0.4 is 25.6 Å². The summed E-state index contributed by atoms with van der Waals surface area (Å²) in [4.78, 5) is 2.40. The fourth-order valence-electron chi connectivity index (χ4n) is 9.89. The van der Waals surface area contributed by atoms with Crippen molar-refractivity contribution in [3.63, 3.8) is 0 Å². The fraction of sp³-hybridized carbons (Fsp3) is 0. The number of hydrogen-bond donors (Lipinski definition) is 0. The Bertz CT molecular complexity index is 3490. The zero-order chi connectivity index (χ0) is 42.5. The van der Waals surface area contributed by atoms with Gasteiger partial charge in [0.2, 0.25) is 0 Å². The van der Waals surface area contributed by atoms with Gasteiger partial charge in [-0.2, -0.15) is 0 Å². The molecule has 0 N–H and O–H groups in total. The molecule has 12 aromatic rings. The first-order valence-electron chi connectivity index (χ1n) is 21.8. The van der Waals surface area contributed by atoms with E-state index in [1.807, 2.05) is 23.5 Å². The second-order valence-electron chi connectivity index (χ2n) is 16.4. The van der Waals surface area contributed by atoms with Crippen LogP contribution in [0.2, 0.25) is 0 Å². The van der Waals surface area contributed by atoms with E-state index in [9.17, 15) is 0 Å². The number of hydrogen-bond acceptors (Lipinski definition) is 3. The molecule has 10 aromatic carbocycles. The summed E-state index contributed by atoms with van der Waals surface area (Å²) in [6.07, 6.45) is 0. The molecule has 2 aromatic heterocycles. The van der Waals surface area contributed by atoms with E-state index in [0.29, 0.717) is 0 Å². The quantitative estimate of drug-likeness (QED) is 0.106. The van der Waals surface area contributed by atoms with E-state index in [2.05, 4.69) is 241 Å². The van der Waals surface area contributed by atoms with Crippen molar-refractivity contribution in [1.29, 1.82) is 0 Å². The third-order valence-corrected chi connectivity index (χ3v) is 18.9. The predicted octanol–water partition coefficient (Wildman–Crippen LogP) is 14.1. The number of anilines is 3. The van der Waals surface area contributed by atoms with Crippen LogP contribution in [0, 0.1) is 0 Å². The highest BCUT2D eigenvalue weighted by atomic mass is 32.1. The molecule has 0 radical (unpaired) electrons. The first kappa shape index (κ1) is 38.0. The zero-order valence-corrected chi connectivity index (χ0v) is 36.8. The second kappa shape index (κ2) is 15.9. The van der Waals surface area contributed by atoms with Crippen LogP contribution in [0.15, 0.2) is 253 Å². The van der Waals surface area contributed by atoms with E-state index < -0.39 is 8.07 Å². The molecule has 2 heterocycles. The molecular weight excluding hydrogens is 811 g/mol. The van der Waals surface area contributed by atoms with Gasteiger partial charge in [-0.1, -0.05) is 206 Å². The molecule has 0 aliphatic carbocycles. The van der Waals surface area contributed by atoms with Gasteiger partial charge in [-0.05, 0) is 79.4 Å². The summed E-state index contributed by atoms with van der Waals surface area (Å²) < 4.78 is 9.03. The zero-order valence-electron chi connectivity index (χ0n) is 34.9. The summed E-state index contributed by atoms with van der Waals surface area (Å²) >= 11 is 1.87. The molecule has 0 fully saturated rings. The van der Waals surface area contributed by atoms with Gasteiger partial charge in [-0.3, -0.25) is 0 Å². The second-order valence-corrected chi connectivity index (χ2v) is 21.2. The average Bonchev–Trinajstić information content (AvgIpc) is 3.95. The Morgan fingerprint density at radius 2 is 0.812 bits per heavy atom. The first-order valence-corrected chi connectivity index (χ1v) is 24.6. The lowest BCUT2D eigenvalue weighted by Crippen LogP contribution is -2.74. The minimum atomic E-state index is -2.63. The maximum Gasteiger partial charge on any atom is 0.179 e. The highest BCUT2D eigenvalue weighted by molar-refractivity contribution is 7.27. The topological polar surface area (TPSA) is 16.4 Å². The minimum Gasteiger partial charge on any atom is -0.456 e. The number of benzene rings is 10. The molecule has 0 aliphatic rings. The van der Waals surface area contributed by atoms with Gasteiger partial charge in [-0.15, -0.1) is 11.3 Å². The van der Waals surface area contributed by atoms with Crippen molar-refractivity contribution in [3.05, 3.63) is 249 Å². The lowest BCUT2D eigenvalue weighted by Gasteiger charge is -2.34. The standard InChI is InChI=1S/C60H41NOSSi/c1-5-17-44(18-6-1)51-26-15-27-54-55-28-16-29-56(60(55)63-59(51)54)61(46-37-40-53-52-25-13-14-30-57(52)62-58(53)41-46)45-35-31-42(32-36-45)43-33-38-50(39-34-43)64(47-19-7-2-8-20-47,48-21-9-3-10-22-48)49-23-11-4-12-24-49/h1-41H. The van der Waals surface area contributed by atoms with Crippen LogP contribution in [-0.2, 0) is 0 Å². The van der Waals surface area contributed by atoms with Gasteiger partial charge in [0.1, 0.15) is 11.2 Å². The molecule has 2 nitrogen and oxygen atoms in total. The highest BCUT2D eigenvalue weighted by Gasteiger charge is 2.41. The predicted molar refractivity (Wildman–Crippen MR) is 276 cm³/mol. The van der Waals surface area contributed by atoms with Gasteiger partial charge in [0.15, 0.2) is 8.07 Å². The third kappa shape index (κ3) is 6.30. The van der Waals surface area contributed by atoms with Crippen LogP contribution in [0.5, 0.6) is 0 Å². The van der Waals surface area contributed by atoms with E-state index in [4.69, 9.17) is 4.42 Å². The van der Waals surface area contributed by atoms with E-state index >= 15 is 0 Å². The monoisotopic (exact) mass is 851 g/mol. The van der Waals surface area contributed by atoms with Crippen molar-refractivity contribution in [2.45, 2.75) is 0 Å². The van der Waals surface area contributed by atoms with Crippen molar-refractivity contribution in [3.8, 4) is 22.3 Å². The van der Waals surface area contributed by atoms with Crippen LogP contribution in [-0.4, -0.2) is 8.07 Å². The smallest absolute Gasteiger partial charge is 0.179 e. The Kier molecular flexibility index (Phi) is 9.40. The lowest BCUT2D eigenvalue weighted by atomic mass is 10.0.